The van der Waals surface area contributed by atoms with E-state index in [4.69, 9.17) is 9.47 Å². The van der Waals surface area contributed by atoms with Crippen molar-refractivity contribution in [3.8, 4) is 0 Å². The smallest absolute Gasteiger partial charge is 0.418 e. The number of fused-ring (bicyclic) bond motifs is 2. The van der Waals surface area contributed by atoms with Crippen molar-refractivity contribution in [2.75, 3.05) is 26.7 Å². The summed E-state index contributed by atoms with van der Waals surface area (Å²) in [5, 5.41) is 0. The Kier molecular flexibility index (Phi) is 5.16. The fourth-order valence-electron chi connectivity index (χ4n) is 4.09. The predicted molar refractivity (Wildman–Crippen MR) is 99.1 cm³/mol. The molecule has 2 atom stereocenters. The number of esters is 1. The number of likely N-dealkylation sites (tertiary alicyclic amines) is 1. The lowest BCUT2D eigenvalue weighted by Gasteiger charge is -2.20. The summed E-state index contributed by atoms with van der Waals surface area (Å²) < 4.78 is 12.0. The number of carbonyl (C=O) groups is 3. The molecule has 7 nitrogen and oxygen atoms in total. The average molecular weight is 376 g/mol. The molecule has 27 heavy (non-hydrogen) atoms. The maximum Gasteiger partial charge on any atom is 0.418 e. The van der Waals surface area contributed by atoms with Crippen molar-refractivity contribution < 1.29 is 23.9 Å². The second-order valence-corrected chi connectivity index (χ2v) is 8.43. The van der Waals surface area contributed by atoms with Crippen LogP contribution in [-0.2, 0) is 15.9 Å². The summed E-state index contributed by atoms with van der Waals surface area (Å²) >= 11 is 0. The lowest BCUT2D eigenvalue weighted by Crippen LogP contribution is -2.28. The molecular formula is C20H28N2O5. The standard InChI is InChI=1S/C20H28N2O5/c1-6-26-18(24)14-11-22(19(25)27-20(2,3)4)15-8-7-12-9-21(5)10-13(12)17(23)16(14)15/h11-13H,6-10H2,1-5H3. The van der Waals surface area contributed by atoms with Gasteiger partial charge in [0.25, 0.3) is 0 Å². The highest BCUT2D eigenvalue weighted by molar-refractivity contribution is 6.09. The van der Waals surface area contributed by atoms with Crippen LogP contribution in [0.5, 0.6) is 0 Å². The molecule has 2 unspecified atom stereocenters. The van der Waals surface area contributed by atoms with Gasteiger partial charge in [0.2, 0.25) is 0 Å². The summed E-state index contributed by atoms with van der Waals surface area (Å²) in [5.74, 6) is -0.563. The monoisotopic (exact) mass is 376 g/mol. The first kappa shape index (κ1) is 19.6. The van der Waals surface area contributed by atoms with Crippen molar-refractivity contribution in [3.05, 3.63) is 23.0 Å². The van der Waals surface area contributed by atoms with E-state index in [0.717, 1.165) is 13.0 Å². The molecule has 1 fully saturated rings. The van der Waals surface area contributed by atoms with E-state index in [1.165, 1.54) is 10.8 Å². The summed E-state index contributed by atoms with van der Waals surface area (Å²) in [6.07, 6.45) is 2.18. The zero-order valence-electron chi connectivity index (χ0n) is 16.7. The minimum atomic E-state index is -0.674. The molecule has 1 aliphatic heterocycles. The Morgan fingerprint density at radius 2 is 1.96 bits per heavy atom. The van der Waals surface area contributed by atoms with Gasteiger partial charge in [-0.3, -0.25) is 9.36 Å². The Hall–Kier alpha value is -2.15. The number of ketones is 1. The van der Waals surface area contributed by atoms with E-state index in [1.807, 2.05) is 7.05 Å². The van der Waals surface area contributed by atoms with Gasteiger partial charge in [-0.25, -0.2) is 9.59 Å². The Balaban J connectivity index is 2.08. The molecule has 2 heterocycles. The molecule has 0 N–H and O–H groups in total. The minimum Gasteiger partial charge on any atom is -0.462 e. The van der Waals surface area contributed by atoms with Gasteiger partial charge in [0.1, 0.15) is 5.60 Å². The fraction of sp³-hybridized carbons (Fsp3) is 0.650. The molecule has 2 aliphatic rings. The van der Waals surface area contributed by atoms with Crippen molar-refractivity contribution >= 4 is 17.8 Å². The van der Waals surface area contributed by atoms with Gasteiger partial charge in [-0.15, -0.1) is 0 Å². The first-order valence-corrected chi connectivity index (χ1v) is 9.49. The van der Waals surface area contributed by atoms with Gasteiger partial charge in [-0.1, -0.05) is 0 Å². The van der Waals surface area contributed by atoms with Crippen LogP contribution in [0.2, 0.25) is 0 Å². The molecule has 0 amide bonds. The molecule has 1 aromatic rings. The fourth-order valence-corrected chi connectivity index (χ4v) is 4.09. The van der Waals surface area contributed by atoms with Gasteiger partial charge in [0.05, 0.1) is 17.7 Å². The van der Waals surface area contributed by atoms with Gasteiger partial charge < -0.3 is 14.4 Å². The molecule has 3 rings (SSSR count). The van der Waals surface area contributed by atoms with Crippen molar-refractivity contribution in [3.63, 3.8) is 0 Å². The lowest BCUT2D eigenvalue weighted by atomic mass is 9.88. The van der Waals surface area contributed by atoms with Crippen molar-refractivity contribution in [2.24, 2.45) is 11.8 Å². The van der Waals surface area contributed by atoms with Crippen LogP contribution >= 0.6 is 0 Å². The van der Waals surface area contributed by atoms with E-state index in [1.54, 1.807) is 27.7 Å². The number of hydrogen-bond acceptors (Lipinski definition) is 6. The molecule has 1 aromatic heterocycles. The second kappa shape index (κ2) is 7.11. The third-order valence-corrected chi connectivity index (χ3v) is 5.15. The van der Waals surface area contributed by atoms with E-state index in [2.05, 4.69) is 4.90 Å². The number of nitrogens with zero attached hydrogens (tertiary/aromatic N) is 2. The normalized spacial score (nSPS) is 22.8. The first-order valence-electron chi connectivity index (χ1n) is 9.49. The number of rotatable bonds is 2. The highest BCUT2D eigenvalue weighted by Crippen LogP contribution is 2.36. The maximum absolute atomic E-state index is 13.3. The summed E-state index contributed by atoms with van der Waals surface area (Å²) in [5.41, 5.74) is 0.390. The third kappa shape index (κ3) is 3.78. The minimum absolute atomic E-state index is 0.0674. The van der Waals surface area contributed by atoms with E-state index in [0.29, 0.717) is 24.2 Å². The Bertz CT molecular complexity index is 774. The van der Waals surface area contributed by atoms with E-state index >= 15 is 0 Å². The number of ether oxygens (including phenoxy) is 2. The van der Waals surface area contributed by atoms with Gasteiger partial charge >= 0.3 is 12.1 Å². The zero-order valence-corrected chi connectivity index (χ0v) is 16.7. The summed E-state index contributed by atoms with van der Waals surface area (Å²) in [6.45, 7) is 8.78. The van der Waals surface area contributed by atoms with Gasteiger partial charge in [-0.2, -0.15) is 0 Å². The van der Waals surface area contributed by atoms with Crippen LogP contribution in [0.4, 0.5) is 4.79 Å². The van der Waals surface area contributed by atoms with Gasteiger partial charge in [0.15, 0.2) is 5.78 Å². The van der Waals surface area contributed by atoms with Crippen LogP contribution in [0.3, 0.4) is 0 Å². The highest BCUT2D eigenvalue weighted by Gasteiger charge is 2.43. The molecule has 0 radical (unpaired) electrons. The molecule has 1 saturated heterocycles. The third-order valence-electron chi connectivity index (χ3n) is 5.15. The maximum atomic E-state index is 13.3. The number of carbonyl (C=O) groups excluding carboxylic acids is 3. The highest BCUT2D eigenvalue weighted by atomic mass is 16.6. The van der Waals surface area contributed by atoms with Crippen molar-refractivity contribution in [1.29, 1.82) is 0 Å². The van der Waals surface area contributed by atoms with Crippen LogP contribution in [0, 0.1) is 11.8 Å². The Labute approximate surface area is 159 Å². The van der Waals surface area contributed by atoms with Crippen LogP contribution < -0.4 is 0 Å². The SMILES string of the molecule is CCOC(=O)c1cn(C(=O)OC(C)(C)C)c2c1C(=O)C1CN(C)CC1CC2. The van der Waals surface area contributed by atoms with Crippen LogP contribution in [0.25, 0.3) is 0 Å². The van der Waals surface area contributed by atoms with Crippen LogP contribution in [-0.4, -0.2) is 59.7 Å². The number of hydrogen-bond donors (Lipinski definition) is 0. The van der Waals surface area contributed by atoms with E-state index in [-0.39, 0.29) is 29.8 Å². The molecular weight excluding hydrogens is 348 g/mol. The summed E-state index contributed by atoms with van der Waals surface area (Å²) in [4.78, 5) is 40.7. The molecule has 0 aromatic carbocycles. The molecule has 148 valence electrons. The molecule has 0 spiro atoms. The van der Waals surface area contributed by atoms with Crippen LogP contribution in [0.15, 0.2) is 6.20 Å². The largest absolute Gasteiger partial charge is 0.462 e. The van der Waals surface area contributed by atoms with E-state index < -0.39 is 17.7 Å². The van der Waals surface area contributed by atoms with E-state index in [9.17, 15) is 14.4 Å². The topological polar surface area (TPSA) is 77.8 Å². The van der Waals surface area contributed by atoms with Crippen molar-refractivity contribution in [2.45, 2.75) is 46.1 Å². The summed E-state index contributed by atoms with van der Waals surface area (Å²) in [6, 6.07) is 0. The molecule has 7 heteroatoms. The molecule has 0 saturated carbocycles. The first-order chi connectivity index (χ1) is 12.6. The number of aromatic nitrogens is 1. The predicted octanol–water partition coefficient (Wildman–Crippen LogP) is 2.75. The van der Waals surface area contributed by atoms with Crippen molar-refractivity contribution in [1.82, 2.24) is 9.47 Å². The average Bonchev–Trinajstić information content (AvgIpc) is 3.08. The molecule has 0 bridgehead atoms. The Morgan fingerprint density at radius 1 is 1.26 bits per heavy atom. The van der Waals surface area contributed by atoms with Gasteiger partial charge in [-0.05, 0) is 53.5 Å². The van der Waals surface area contributed by atoms with Crippen LogP contribution in [0.1, 0.15) is 60.5 Å². The zero-order chi connectivity index (χ0) is 19.9. The number of Topliss-reactive ketones (excluding diaryl/α,β-unsaturated/α-hetero) is 1. The lowest BCUT2D eigenvalue weighted by molar-refractivity contribution is 0.0521. The summed E-state index contributed by atoms with van der Waals surface area (Å²) in [7, 11) is 2.00. The molecule has 1 aliphatic carbocycles. The second-order valence-electron chi connectivity index (χ2n) is 8.43. The quantitative estimate of drug-likeness (QED) is 0.739. The Morgan fingerprint density at radius 3 is 2.59 bits per heavy atom. The van der Waals surface area contributed by atoms with Gasteiger partial charge in [0, 0.05) is 30.9 Å².